The maximum absolute atomic E-state index is 12.5. The molecule has 0 spiro atoms. The number of hydrogen-bond acceptors (Lipinski definition) is 3. The maximum Gasteiger partial charge on any atom is 0.255 e. The fourth-order valence-electron chi connectivity index (χ4n) is 2.41. The minimum atomic E-state index is -3.43. The number of nitrogens with one attached hydrogen (secondary N) is 2. The Morgan fingerprint density at radius 1 is 0.833 bits per heavy atom. The molecule has 3 rings (SSSR count). The highest BCUT2D eigenvalue weighted by Crippen LogP contribution is 2.23. The largest absolute Gasteiger partial charge is 0.320 e. The molecule has 3 aromatic carbocycles. The summed E-state index contributed by atoms with van der Waals surface area (Å²) < 4.78 is 25.3. The van der Waals surface area contributed by atoms with Crippen molar-refractivity contribution < 1.29 is 13.2 Å². The first-order valence-electron chi connectivity index (χ1n) is 7.29. The van der Waals surface area contributed by atoms with E-state index in [0.717, 1.165) is 17.0 Å². The van der Waals surface area contributed by atoms with E-state index in [2.05, 4.69) is 10.0 Å². The van der Waals surface area contributed by atoms with Gasteiger partial charge in [-0.3, -0.25) is 9.52 Å². The van der Waals surface area contributed by atoms with Crippen LogP contribution in [-0.4, -0.2) is 20.6 Å². The molecule has 3 aromatic rings. The number of para-hydroxylation sites is 2. The zero-order chi connectivity index (χ0) is 17.2. The lowest BCUT2D eigenvalue weighted by atomic mass is 10.1. The topological polar surface area (TPSA) is 75.3 Å². The molecule has 0 fully saturated rings. The average Bonchev–Trinajstić information content (AvgIpc) is 2.55. The molecular formula is C18H16N2O3S. The fourth-order valence-corrected chi connectivity index (χ4v) is 2.98. The van der Waals surface area contributed by atoms with Gasteiger partial charge in [-0.2, -0.15) is 0 Å². The highest BCUT2D eigenvalue weighted by atomic mass is 32.2. The van der Waals surface area contributed by atoms with Crippen LogP contribution in [0.1, 0.15) is 10.4 Å². The second-order valence-corrected chi connectivity index (χ2v) is 7.18. The van der Waals surface area contributed by atoms with Gasteiger partial charge in [-0.15, -0.1) is 0 Å². The van der Waals surface area contributed by atoms with Gasteiger partial charge in [0.2, 0.25) is 10.0 Å². The lowest BCUT2D eigenvalue weighted by Crippen LogP contribution is -2.16. The van der Waals surface area contributed by atoms with Gasteiger partial charge in [0.15, 0.2) is 0 Å². The number of hydrogen-bond donors (Lipinski definition) is 2. The van der Waals surface area contributed by atoms with E-state index < -0.39 is 10.0 Å². The molecule has 24 heavy (non-hydrogen) atoms. The van der Waals surface area contributed by atoms with Crippen LogP contribution in [0.25, 0.3) is 10.8 Å². The second-order valence-electron chi connectivity index (χ2n) is 5.44. The number of carbonyl (C=O) groups is 1. The Bertz CT molecular complexity index is 1010. The number of amides is 1. The Balaban J connectivity index is 1.89. The molecule has 0 aliphatic heterocycles. The Labute approximate surface area is 140 Å². The highest BCUT2D eigenvalue weighted by molar-refractivity contribution is 7.92. The summed E-state index contributed by atoms with van der Waals surface area (Å²) in [5.74, 6) is -0.302. The molecule has 0 unspecified atom stereocenters. The third kappa shape index (κ3) is 3.72. The minimum absolute atomic E-state index is 0.302. The molecule has 6 heteroatoms. The zero-order valence-electron chi connectivity index (χ0n) is 13.0. The summed E-state index contributed by atoms with van der Waals surface area (Å²) in [6, 6.07) is 19.8. The Morgan fingerprint density at radius 2 is 1.46 bits per heavy atom. The van der Waals surface area contributed by atoms with Crippen molar-refractivity contribution in [3.63, 3.8) is 0 Å². The number of rotatable bonds is 4. The molecule has 2 N–H and O–H groups in total. The Kier molecular flexibility index (Phi) is 4.22. The summed E-state index contributed by atoms with van der Waals surface area (Å²) in [5.41, 5.74) is 1.23. The first-order chi connectivity index (χ1) is 11.4. The fraction of sp³-hybridized carbons (Fsp3) is 0.0556. The summed E-state index contributed by atoms with van der Waals surface area (Å²) in [4.78, 5) is 12.5. The van der Waals surface area contributed by atoms with Crippen molar-refractivity contribution in [2.24, 2.45) is 0 Å². The van der Waals surface area contributed by atoms with Gasteiger partial charge in [-0.05, 0) is 35.0 Å². The summed E-state index contributed by atoms with van der Waals surface area (Å²) in [6.07, 6.45) is 1.06. The first-order valence-corrected chi connectivity index (χ1v) is 9.18. The first kappa shape index (κ1) is 16.0. The van der Waals surface area contributed by atoms with Gasteiger partial charge in [0, 0.05) is 5.56 Å². The standard InChI is InChI=1S/C18H16N2O3S/c1-24(22,23)20-17-9-5-4-8-16(17)19-18(21)15-11-10-13-6-2-3-7-14(13)12-15/h2-12,20H,1H3,(H,19,21). The van der Waals surface area contributed by atoms with Gasteiger partial charge in [-0.1, -0.05) is 42.5 Å². The van der Waals surface area contributed by atoms with Crippen LogP contribution < -0.4 is 10.0 Å². The normalized spacial score (nSPS) is 11.2. The molecule has 0 radical (unpaired) electrons. The van der Waals surface area contributed by atoms with Crippen LogP contribution in [0, 0.1) is 0 Å². The summed E-state index contributed by atoms with van der Waals surface area (Å²) >= 11 is 0. The second kappa shape index (κ2) is 6.33. The smallest absolute Gasteiger partial charge is 0.255 e. The lowest BCUT2D eigenvalue weighted by Gasteiger charge is -2.12. The van der Waals surface area contributed by atoms with Crippen LogP contribution in [0.3, 0.4) is 0 Å². The molecule has 0 saturated heterocycles. The zero-order valence-corrected chi connectivity index (χ0v) is 13.8. The summed E-state index contributed by atoms with van der Waals surface area (Å²) in [6.45, 7) is 0. The lowest BCUT2D eigenvalue weighted by molar-refractivity contribution is 0.102. The van der Waals surface area contributed by atoms with Gasteiger partial charge in [0.25, 0.3) is 5.91 Å². The monoisotopic (exact) mass is 340 g/mol. The predicted molar refractivity (Wildman–Crippen MR) is 96.8 cm³/mol. The molecule has 0 atom stereocenters. The number of benzene rings is 3. The van der Waals surface area contributed by atoms with Crippen molar-refractivity contribution in [2.45, 2.75) is 0 Å². The van der Waals surface area contributed by atoms with Crippen LogP contribution >= 0.6 is 0 Å². The van der Waals surface area contributed by atoms with Crippen molar-refractivity contribution in [1.82, 2.24) is 0 Å². The van der Waals surface area contributed by atoms with E-state index in [9.17, 15) is 13.2 Å². The third-order valence-electron chi connectivity index (χ3n) is 3.48. The predicted octanol–water partition coefficient (Wildman–Crippen LogP) is 3.46. The van der Waals surface area contributed by atoms with Crippen LogP contribution in [0.2, 0.25) is 0 Å². The molecule has 0 saturated carbocycles. The van der Waals surface area contributed by atoms with Crippen LogP contribution in [0.5, 0.6) is 0 Å². The van der Waals surface area contributed by atoms with Gasteiger partial charge in [-0.25, -0.2) is 8.42 Å². The van der Waals surface area contributed by atoms with Crippen molar-refractivity contribution >= 4 is 38.1 Å². The van der Waals surface area contributed by atoms with Crippen molar-refractivity contribution in [3.8, 4) is 0 Å². The van der Waals surface area contributed by atoms with Gasteiger partial charge >= 0.3 is 0 Å². The van der Waals surface area contributed by atoms with Gasteiger partial charge in [0.05, 0.1) is 17.6 Å². The van der Waals surface area contributed by atoms with Crippen molar-refractivity contribution in [3.05, 3.63) is 72.3 Å². The van der Waals surface area contributed by atoms with E-state index in [1.165, 1.54) is 0 Å². The molecule has 0 heterocycles. The number of sulfonamides is 1. The Hall–Kier alpha value is -2.86. The van der Waals surface area contributed by atoms with E-state index in [-0.39, 0.29) is 5.91 Å². The molecule has 0 aliphatic carbocycles. The average molecular weight is 340 g/mol. The Morgan fingerprint density at radius 3 is 2.17 bits per heavy atom. The molecular weight excluding hydrogens is 324 g/mol. The summed E-state index contributed by atoms with van der Waals surface area (Å²) in [5, 5.41) is 4.76. The van der Waals surface area contributed by atoms with Crippen molar-refractivity contribution in [1.29, 1.82) is 0 Å². The summed E-state index contributed by atoms with van der Waals surface area (Å²) in [7, 11) is -3.43. The van der Waals surface area contributed by atoms with Gasteiger partial charge in [0.1, 0.15) is 0 Å². The molecule has 0 aromatic heterocycles. The molecule has 5 nitrogen and oxygen atoms in total. The number of carbonyl (C=O) groups excluding carboxylic acids is 1. The van der Waals surface area contributed by atoms with Crippen molar-refractivity contribution in [2.75, 3.05) is 16.3 Å². The molecule has 0 bridgehead atoms. The SMILES string of the molecule is CS(=O)(=O)Nc1ccccc1NC(=O)c1ccc2ccccc2c1. The van der Waals surface area contributed by atoms with E-state index in [0.29, 0.717) is 16.9 Å². The van der Waals surface area contributed by atoms with Gasteiger partial charge < -0.3 is 5.32 Å². The van der Waals surface area contributed by atoms with Crippen LogP contribution in [0.15, 0.2) is 66.7 Å². The minimum Gasteiger partial charge on any atom is -0.320 e. The van der Waals surface area contributed by atoms with E-state index in [4.69, 9.17) is 0 Å². The van der Waals surface area contributed by atoms with E-state index in [1.54, 1.807) is 36.4 Å². The molecule has 0 aliphatic rings. The number of fused-ring (bicyclic) bond motifs is 1. The van der Waals surface area contributed by atoms with E-state index in [1.807, 2.05) is 30.3 Å². The van der Waals surface area contributed by atoms with Crippen LogP contribution in [-0.2, 0) is 10.0 Å². The molecule has 122 valence electrons. The van der Waals surface area contributed by atoms with E-state index >= 15 is 0 Å². The van der Waals surface area contributed by atoms with Crippen LogP contribution in [0.4, 0.5) is 11.4 Å². The highest BCUT2D eigenvalue weighted by Gasteiger charge is 2.11. The molecule has 1 amide bonds. The quantitative estimate of drug-likeness (QED) is 0.764. The maximum atomic E-state index is 12.5. The third-order valence-corrected chi connectivity index (χ3v) is 4.07. The number of anilines is 2.